The van der Waals surface area contributed by atoms with Crippen molar-refractivity contribution in [3.05, 3.63) is 99.6 Å². The van der Waals surface area contributed by atoms with Gasteiger partial charge in [0.05, 0.1) is 12.0 Å². The highest BCUT2D eigenvalue weighted by Crippen LogP contribution is 2.21. The number of anilines is 1. The molecule has 0 aliphatic rings. The van der Waals surface area contributed by atoms with Gasteiger partial charge in [0, 0.05) is 12.2 Å². The van der Waals surface area contributed by atoms with Crippen molar-refractivity contribution >= 4 is 28.8 Å². The van der Waals surface area contributed by atoms with E-state index in [1.165, 1.54) is 41.9 Å². The number of thiazole rings is 1. The molecule has 168 valence electrons. The summed E-state index contributed by atoms with van der Waals surface area (Å²) in [4.78, 5) is 29.5. The summed E-state index contributed by atoms with van der Waals surface area (Å²) < 4.78 is 23.6. The maximum absolute atomic E-state index is 13.0. The summed E-state index contributed by atoms with van der Waals surface area (Å²) in [6.07, 6.45) is 1.44. The molecule has 0 fully saturated rings. The van der Waals surface area contributed by atoms with Crippen molar-refractivity contribution in [1.29, 1.82) is 0 Å². The van der Waals surface area contributed by atoms with Gasteiger partial charge in [-0.15, -0.1) is 11.3 Å². The van der Waals surface area contributed by atoms with Crippen molar-refractivity contribution in [2.75, 3.05) is 5.32 Å². The molecular weight excluding hydrogens is 445 g/mol. The highest BCUT2D eigenvalue weighted by Gasteiger charge is 2.16. The number of carbonyl (C=O) groups is 2. The highest BCUT2D eigenvalue weighted by atomic mass is 32.1. The molecule has 33 heavy (non-hydrogen) atoms. The van der Waals surface area contributed by atoms with Gasteiger partial charge in [0.15, 0.2) is 5.76 Å². The van der Waals surface area contributed by atoms with Gasteiger partial charge in [-0.1, -0.05) is 12.1 Å². The Morgan fingerprint density at radius 1 is 1.06 bits per heavy atom. The largest absolute Gasteiger partial charge is 0.486 e. The van der Waals surface area contributed by atoms with Crippen molar-refractivity contribution in [2.45, 2.75) is 20.1 Å². The number of benzene rings is 2. The first kappa shape index (κ1) is 22.2. The lowest BCUT2D eigenvalue weighted by Gasteiger charge is -2.07. The van der Waals surface area contributed by atoms with Crippen molar-refractivity contribution < 1.29 is 23.1 Å². The Bertz CT molecular complexity index is 1240. The lowest BCUT2D eigenvalue weighted by atomic mass is 10.2. The molecular formula is C24H20FN3O4S. The number of ether oxygens (including phenoxy) is 1. The Kier molecular flexibility index (Phi) is 6.80. The van der Waals surface area contributed by atoms with Crippen LogP contribution in [0.2, 0.25) is 0 Å². The fourth-order valence-corrected chi connectivity index (χ4v) is 3.86. The lowest BCUT2D eigenvalue weighted by molar-refractivity contribution is 0.0953. The third-order valence-corrected chi connectivity index (χ3v) is 5.76. The molecule has 7 nitrogen and oxygen atoms in total. The maximum Gasteiger partial charge on any atom is 0.291 e. The second kappa shape index (κ2) is 10.1. The number of halogens is 1. The van der Waals surface area contributed by atoms with E-state index in [2.05, 4.69) is 15.6 Å². The molecule has 4 rings (SSSR count). The summed E-state index contributed by atoms with van der Waals surface area (Å²) in [5.41, 5.74) is 2.11. The highest BCUT2D eigenvalue weighted by molar-refractivity contribution is 7.13. The Hall–Kier alpha value is -3.98. The molecule has 2 heterocycles. The van der Waals surface area contributed by atoms with Gasteiger partial charge in [-0.2, -0.15) is 0 Å². The number of carbonyl (C=O) groups excluding carboxylic acids is 2. The monoisotopic (exact) mass is 465 g/mol. The first-order valence-corrected chi connectivity index (χ1v) is 10.9. The van der Waals surface area contributed by atoms with E-state index < -0.39 is 0 Å². The zero-order valence-electron chi connectivity index (χ0n) is 17.6. The van der Waals surface area contributed by atoms with Gasteiger partial charge in [-0.25, -0.2) is 9.37 Å². The van der Waals surface area contributed by atoms with E-state index in [9.17, 15) is 14.0 Å². The van der Waals surface area contributed by atoms with Crippen LogP contribution in [0.3, 0.4) is 0 Å². The number of nitrogens with zero attached hydrogens (tertiary/aromatic N) is 1. The molecule has 0 bridgehead atoms. The van der Waals surface area contributed by atoms with Crippen LogP contribution in [0.4, 0.5) is 10.1 Å². The van der Waals surface area contributed by atoms with Crippen LogP contribution in [0.25, 0.3) is 0 Å². The second-order valence-corrected chi connectivity index (χ2v) is 8.16. The van der Waals surface area contributed by atoms with Crippen molar-refractivity contribution in [2.24, 2.45) is 0 Å². The molecule has 2 aromatic carbocycles. The summed E-state index contributed by atoms with van der Waals surface area (Å²) >= 11 is 1.25. The molecule has 2 N–H and O–H groups in total. The van der Waals surface area contributed by atoms with E-state index in [1.807, 2.05) is 12.1 Å². The van der Waals surface area contributed by atoms with Gasteiger partial charge in [-0.3, -0.25) is 9.59 Å². The zero-order chi connectivity index (χ0) is 23.2. The van der Waals surface area contributed by atoms with E-state index in [-0.39, 0.29) is 30.0 Å². The molecule has 0 saturated heterocycles. The standard InChI is InChI=1S/C24H20FN3O4S/c1-15-22(33-21(27-15)14-32-19-10-6-17(25)7-11-19)24(30)26-13-16-4-8-18(9-5-16)28-23(29)20-3-2-12-31-20/h2-12H,13-14H2,1H3,(H,26,30)(H,28,29). The van der Waals surface area contributed by atoms with E-state index in [0.29, 0.717) is 33.6 Å². The number of furan rings is 1. The van der Waals surface area contributed by atoms with E-state index in [4.69, 9.17) is 9.15 Å². The number of nitrogens with one attached hydrogen (secondary N) is 2. The fraction of sp³-hybridized carbons (Fsp3) is 0.125. The van der Waals surface area contributed by atoms with Crippen LogP contribution in [0.15, 0.2) is 71.3 Å². The van der Waals surface area contributed by atoms with Crippen LogP contribution in [0, 0.1) is 12.7 Å². The van der Waals surface area contributed by atoms with Crippen LogP contribution in [-0.2, 0) is 13.2 Å². The zero-order valence-corrected chi connectivity index (χ0v) is 18.4. The number of rotatable bonds is 8. The van der Waals surface area contributed by atoms with Gasteiger partial charge in [-0.05, 0) is 61.0 Å². The van der Waals surface area contributed by atoms with Gasteiger partial charge < -0.3 is 19.8 Å². The molecule has 9 heteroatoms. The molecule has 0 radical (unpaired) electrons. The smallest absolute Gasteiger partial charge is 0.291 e. The van der Waals surface area contributed by atoms with Crippen molar-refractivity contribution in [3.8, 4) is 5.75 Å². The normalized spacial score (nSPS) is 10.6. The molecule has 0 spiro atoms. The first-order chi connectivity index (χ1) is 16.0. The Morgan fingerprint density at radius 2 is 1.82 bits per heavy atom. The minimum absolute atomic E-state index is 0.190. The van der Waals surface area contributed by atoms with E-state index in [1.54, 1.807) is 31.2 Å². The Labute approximate surface area is 193 Å². The molecule has 0 saturated carbocycles. The van der Waals surface area contributed by atoms with Gasteiger partial charge >= 0.3 is 0 Å². The molecule has 0 aliphatic carbocycles. The predicted molar refractivity (Wildman–Crippen MR) is 122 cm³/mol. The van der Waals surface area contributed by atoms with E-state index >= 15 is 0 Å². The Morgan fingerprint density at radius 3 is 2.52 bits per heavy atom. The molecule has 0 aliphatic heterocycles. The fourth-order valence-electron chi connectivity index (χ4n) is 2.97. The predicted octanol–water partition coefficient (Wildman–Crippen LogP) is 4.94. The summed E-state index contributed by atoms with van der Waals surface area (Å²) in [7, 11) is 0. The average Bonchev–Trinajstić information content (AvgIpc) is 3.48. The van der Waals surface area contributed by atoms with Crippen molar-refractivity contribution in [1.82, 2.24) is 10.3 Å². The Balaban J connectivity index is 1.29. The van der Waals surface area contributed by atoms with Gasteiger partial charge in [0.1, 0.15) is 28.1 Å². The number of aromatic nitrogens is 1. The molecule has 2 amide bonds. The maximum atomic E-state index is 13.0. The van der Waals surface area contributed by atoms with Crippen molar-refractivity contribution in [3.63, 3.8) is 0 Å². The van der Waals surface area contributed by atoms with Crippen LogP contribution < -0.4 is 15.4 Å². The third-order valence-electron chi connectivity index (χ3n) is 4.63. The number of amides is 2. The van der Waals surface area contributed by atoms with Gasteiger partial charge in [0.25, 0.3) is 11.8 Å². The van der Waals surface area contributed by atoms with Crippen LogP contribution in [0.1, 0.15) is 36.5 Å². The summed E-state index contributed by atoms with van der Waals surface area (Å²) in [6, 6.07) is 16.1. The lowest BCUT2D eigenvalue weighted by Crippen LogP contribution is -2.22. The summed E-state index contributed by atoms with van der Waals surface area (Å²) in [5.74, 6) is -0.137. The second-order valence-electron chi connectivity index (χ2n) is 7.08. The molecule has 4 aromatic rings. The third kappa shape index (κ3) is 5.83. The number of hydrogen-bond donors (Lipinski definition) is 2. The molecule has 0 atom stereocenters. The van der Waals surface area contributed by atoms with E-state index in [0.717, 1.165) is 5.56 Å². The number of aryl methyl sites for hydroxylation is 1. The summed E-state index contributed by atoms with van der Waals surface area (Å²) in [6.45, 7) is 2.28. The van der Waals surface area contributed by atoms with Crippen LogP contribution >= 0.6 is 11.3 Å². The quantitative estimate of drug-likeness (QED) is 0.384. The first-order valence-electron chi connectivity index (χ1n) is 10.0. The number of hydrogen-bond acceptors (Lipinski definition) is 6. The van der Waals surface area contributed by atoms with Gasteiger partial charge in [0.2, 0.25) is 0 Å². The molecule has 0 unspecified atom stereocenters. The minimum atomic E-state index is -0.334. The minimum Gasteiger partial charge on any atom is -0.486 e. The molecule has 2 aromatic heterocycles. The topological polar surface area (TPSA) is 93.5 Å². The van der Waals surface area contributed by atoms with Crippen LogP contribution in [-0.4, -0.2) is 16.8 Å². The summed E-state index contributed by atoms with van der Waals surface area (Å²) in [5, 5.41) is 6.27. The average molecular weight is 466 g/mol. The SMILES string of the molecule is Cc1nc(COc2ccc(F)cc2)sc1C(=O)NCc1ccc(NC(=O)c2ccco2)cc1. The van der Waals surface area contributed by atoms with Crippen LogP contribution in [0.5, 0.6) is 5.75 Å².